The Labute approximate surface area is 163 Å². The molecule has 1 atom stereocenters. The van der Waals surface area contributed by atoms with Crippen molar-refractivity contribution in [2.45, 2.75) is 26.3 Å². The number of rotatable bonds is 7. The summed E-state index contributed by atoms with van der Waals surface area (Å²) in [5.74, 6) is 0.963. The van der Waals surface area contributed by atoms with Gasteiger partial charge in [0.1, 0.15) is 0 Å². The fourth-order valence-corrected chi connectivity index (χ4v) is 3.92. The topological polar surface area (TPSA) is 60.3 Å². The lowest BCUT2D eigenvalue weighted by atomic mass is 9.87. The predicted molar refractivity (Wildman–Crippen MR) is 109 cm³/mol. The fourth-order valence-electron chi connectivity index (χ4n) is 3.92. The van der Waals surface area contributed by atoms with Crippen LogP contribution in [0.4, 0.5) is 0 Å². The summed E-state index contributed by atoms with van der Waals surface area (Å²) in [5.41, 5.74) is 1.23. The highest BCUT2D eigenvalue weighted by Gasteiger charge is 2.38. The van der Waals surface area contributed by atoms with E-state index in [1.54, 1.807) is 0 Å². The quantitative estimate of drug-likeness (QED) is 0.562. The van der Waals surface area contributed by atoms with Gasteiger partial charge >= 0.3 is 0 Å². The van der Waals surface area contributed by atoms with Crippen molar-refractivity contribution in [2.75, 3.05) is 59.1 Å². The molecule has 150 valence electrons. The van der Waals surface area contributed by atoms with Gasteiger partial charge in [-0.3, -0.25) is 9.89 Å². The Hall–Kier alpha value is -1.63. The highest BCUT2D eigenvalue weighted by molar-refractivity contribution is 5.80. The average Bonchev–Trinajstić information content (AvgIpc) is 2.69. The number of guanidine groups is 1. The molecule has 0 saturated carbocycles. The van der Waals surface area contributed by atoms with Gasteiger partial charge in [0.25, 0.3) is 0 Å². The molecule has 0 aromatic heterocycles. The molecule has 2 heterocycles. The van der Waals surface area contributed by atoms with Crippen molar-refractivity contribution in [3.63, 3.8) is 0 Å². The SMILES string of the molecule is CCNC(=NCC1(CO)COC1)N1CCN(C(CC)c2ccccc2)CC1. The number of nitrogens with zero attached hydrogens (tertiary/aromatic N) is 3. The molecule has 3 rings (SSSR count). The van der Waals surface area contributed by atoms with E-state index in [1.165, 1.54) is 5.56 Å². The van der Waals surface area contributed by atoms with Gasteiger partial charge in [0.05, 0.1) is 31.8 Å². The van der Waals surface area contributed by atoms with Crippen LogP contribution in [0, 0.1) is 5.41 Å². The lowest BCUT2D eigenvalue weighted by molar-refractivity contribution is -0.130. The normalized spacial score (nSPS) is 21.6. The minimum absolute atomic E-state index is 0.138. The van der Waals surface area contributed by atoms with E-state index in [-0.39, 0.29) is 12.0 Å². The van der Waals surface area contributed by atoms with Gasteiger partial charge in [-0.1, -0.05) is 37.3 Å². The summed E-state index contributed by atoms with van der Waals surface area (Å²) in [6, 6.07) is 11.3. The zero-order valence-corrected chi connectivity index (χ0v) is 16.7. The van der Waals surface area contributed by atoms with Crippen LogP contribution in [-0.2, 0) is 4.74 Å². The van der Waals surface area contributed by atoms with Gasteiger partial charge in [0, 0.05) is 38.8 Å². The van der Waals surface area contributed by atoms with E-state index in [1.807, 2.05) is 0 Å². The van der Waals surface area contributed by atoms with E-state index in [2.05, 4.69) is 59.3 Å². The third-order valence-corrected chi connectivity index (χ3v) is 5.68. The molecular weight excluding hydrogens is 340 g/mol. The van der Waals surface area contributed by atoms with Crippen molar-refractivity contribution in [1.29, 1.82) is 0 Å². The lowest BCUT2D eigenvalue weighted by Gasteiger charge is -2.41. The van der Waals surface area contributed by atoms with Crippen molar-refractivity contribution >= 4 is 5.96 Å². The molecule has 2 aliphatic heterocycles. The van der Waals surface area contributed by atoms with Gasteiger partial charge in [-0.15, -0.1) is 0 Å². The maximum Gasteiger partial charge on any atom is 0.194 e. The first-order valence-corrected chi connectivity index (χ1v) is 10.2. The van der Waals surface area contributed by atoms with Gasteiger partial charge < -0.3 is 20.1 Å². The van der Waals surface area contributed by atoms with Crippen molar-refractivity contribution < 1.29 is 9.84 Å². The number of aliphatic hydroxyl groups is 1. The smallest absolute Gasteiger partial charge is 0.194 e. The summed E-state index contributed by atoms with van der Waals surface area (Å²) in [7, 11) is 0. The van der Waals surface area contributed by atoms with E-state index in [0.717, 1.165) is 45.1 Å². The molecule has 0 radical (unpaired) electrons. The van der Waals surface area contributed by atoms with E-state index in [0.29, 0.717) is 25.8 Å². The van der Waals surface area contributed by atoms with Crippen LogP contribution < -0.4 is 5.32 Å². The molecule has 0 bridgehead atoms. The highest BCUT2D eigenvalue weighted by Crippen LogP contribution is 2.27. The first-order valence-electron chi connectivity index (χ1n) is 10.2. The van der Waals surface area contributed by atoms with Crippen LogP contribution in [0.2, 0.25) is 0 Å². The summed E-state index contributed by atoms with van der Waals surface area (Å²) >= 11 is 0. The maximum absolute atomic E-state index is 9.63. The van der Waals surface area contributed by atoms with Crippen LogP contribution in [0.3, 0.4) is 0 Å². The molecular formula is C21H34N4O2. The van der Waals surface area contributed by atoms with E-state index >= 15 is 0 Å². The van der Waals surface area contributed by atoms with E-state index < -0.39 is 0 Å². The summed E-state index contributed by atoms with van der Waals surface area (Å²) in [6.45, 7) is 11.2. The number of aliphatic hydroxyl groups excluding tert-OH is 1. The van der Waals surface area contributed by atoms with Crippen LogP contribution >= 0.6 is 0 Å². The second-order valence-electron chi connectivity index (χ2n) is 7.68. The average molecular weight is 375 g/mol. The number of hydrogen-bond acceptors (Lipinski definition) is 4. The lowest BCUT2D eigenvalue weighted by Crippen LogP contribution is -2.54. The van der Waals surface area contributed by atoms with Crippen molar-refractivity contribution in [3.8, 4) is 0 Å². The first kappa shape index (κ1) is 20.1. The zero-order valence-electron chi connectivity index (χ0n) is 16.7. The van der Waals surface area contributed by atoms with E-state index in [9.17, 15) is 5.11 Å². The number of aliphatic imine (C=N–C) groups is 1. The van der Waals surface area contributed by atoms with Gasteiger partial charge in [-0.25, -0.2) is 0 Å². The summed E-state index contributed by atoms with van der Waals surface area (Å²) in [4.78, 5) is 9.76. The molecule has 2 saturated heterocycles. The minimum Gasteiger partial charge on any atom is -0.396 e. The van der Waals surface area contributed by atoms with Crippen molar-refractivity contribution in [2.24, 2.45) is 10.4 Å². The van der Waals surface area contributed by atoms with Gasteiger partial charge in [-0.05, 0) is 18.9 Å². The Morgan fingerprint density at radius 1 is 1.19 bits per heavy atom. The number of hydrogen-bond donors (Lipinski definition) is 2. The molecule has 0 aliphatic carbocycles. The summed E-state index contributed by atoms with van der Waals surface area (Å²) in [5, 5.41) is 13.1. The molecule has 2 N–H and O–H groups in total. The zero-order chi connectivity index (χ0) is 19.1. The second-order valence-corrected chi connectivity index (χ2v) is 7.68. The Morgan fingerprint density at radius 2 is 1.89 bits per heavy atom. The first-order chi connectivity index (χ1) is 13.2. The largest absolute Gasteiger partial charge is 0.396 e. The minimum atomic E-state index is -0.177. The molecule has 0 amide bonds. The van der Waals surface area contributed by atoms with Crippen LogP contribution in [0.25, 0.3) is 0 Å². The van der Waals surface area contributed by atoms with Crippen LogP contribution in [0.15, 0.2) is 35.3 Å². The monoisotopic (exact) mass is 374 g/mol. The Morgan fingerprint density at radius 3 is 2.41 bits per heavy atom. The van der Waals surface area contributed by atoms with Crippen LogP contribution in [0.1, 0.15) is 31.9 Å². The Balaban J connectivity index is 1.60. The molecule has 1 aromatic carbocycles. The Bertz CT molecular complexity index is 590. The second kappa shape index (κ2) is 9.53. The molecule has 6 heteroatoms. The van der Waals surface area contributed by atoms with Crippen molar-refractivity contribution in [1.82, 2.24) is 15.1 Å². The number of nitrogens with one attached hydrogen (secondary N) is 1. The van der Waals surface area contributed by atoms with Gasteiger partial charge in [0.15, 0.2) is 5.96 Å². The summed E-state index contributed by atoms with van der Waals surface area (Å²) < 4.78 is 5.29. The number of ether oxygens (including phenoxy) is 1. The van der Waals surface area contributed by atoms with Crippen LogP contribution in [0.5, 0.6) is 0 Å². The molecule has 1 aromatic rings. The van der Waals surface area contributed by atoms with Gasteiger partial charge in [-0.2, -0.15) is 0 Å². The third kappa shape index (κ3) is 4.81. The molecule has 2 fully saturated rings. The molecule has 2 aliphatic rings. The third-order valence-electron chi connectivity index (χ3n) is 5.68. The highest BCUT2D eigenvalue weighted by atomic mass is 16.5. The molecule has 0 spiro atoms. The fraction of sp³-hybridized carbons (Fsp3) is 0.667. The maximum atomic E-state index is 9.63. The standard InChI is InChI=1S/C21H34N4O2/c1-3-19(18-8-6-5-7-9-18)24-10-12-25(13-11-24)20(22-4-2)23-14-21(15-26)16-27-17-21/h5-9,19,26H,3-4,10-17H2,1-2H3,(H,22,23). The predicted octanol–water partition coefficient (Wildman–Crippen LogP) is 1.73. The molecule has 27 heavy (non-hydrogen) atoms. The Kier molecular flexibility index (Phi) is 7.10. The van der Waals surface area contributed by atoms with Crippen molar-refractivity contribution in [3.05, 3.63) is 35.9 Å². The molecule has 1 unspecified atom stereocenters. The number of piperazine rings is 1. The van der Waals surface area contributed by atoms with Crippen LogP contribution in [-0.4, -0.2) is 80.0 Å². The number of benzene rings is 1. The summed E-state index contributed by atoms with van der Waals surface area (Å²) in [6.07, 6.45) is 1.12. The van der Waals surface area contributed by atoms with E-state index in [4.69, 9.17) is 9.73 Å². The molecule has 6 nitrogen and oxygen atoms in total. The van der Waals surface area contributed by atoms with Gasteiger partial charge in [0.2, 0.25) is 0 Å².